The lowest BCUT2D eigenvalue weighted by Gasteiger charge is -2.26. The van der Waals surface area contributed by atoms with Crippen LogP contribution in [0.4, 0.5) is 0 Å². The van der Waals surface area contributed by atoms with Crippen molar-refractivity contribution in [1.29, 1.82) is 0 Å². The molecule has 0 radical (unpaired) electrons. The molecule has 12 heavy (non-hydrogen) atoms. The Labute approximate surface area is 85.8 Å². The number of nitrogens with zero attached hydrogens (tertiary/aromatic N) is 1. The second-order valence-corrected chi connectivity index (χ2v) is 4.72. The number of alkyl halides is 1. The van der Waals surface area contributed by atoms with E-state index in [1.807, 2.05) is 11.8 Å². The van der Waals surface area contributed by atoms with Crippen LogP contribution in [0.5, 0.6) is 0 Å². The van der Waals surface area contributed by atoms with Crippen molar-refractivity contribution in [1.82, 2.24) is 4.90 Å². The minimum absolute atomic E-state index is 0.598. The highest BCUT2D eigenvalue weighted by molar-refractivity contribution is 7.98. The van der Waals surface area contributed by atoms with Crippen molar-refractivity contribution in [3.8, 4) is 0 Å². The maximum absolute atomic E-state index is 5.75. The van der Waals surface area contributed by atoms with Gasteiger partial charge >= 0.3 is 0 Å². The Balaban J connectivity index is 3.62. The molecule has 0 heterocycles. The molecular formula is C9H20ClNS. The molecule has 1 nitrogen and oxygen atoms in total. The van der Waals surface area contributed by atoms with Gasteiger partial charge in [0.05, 0.1) is 0 Å². The quantitative estimate of drug-likeness (QED) is 0.619. The van der Waals surface area contributed by atoms with Gasteiger partial charge < -0.3 is 4.90 Å². The highest BCUT2D eigenvalue weighted by Crippen LogP contribution is 2.07. The minimum atomic E-state index is 0.598. The van der Waals surface area contributed by atoms with Crippen LogP contribution >= 0.6 is 23.4 Å². The summed E-state index contributed by atoms with van der Waals surface area (Å²) in [5.41, 5.74) is 0. The van der Waals surface area contributed by atoms with Crippen LogP contribution in [0.2, 0.25) is 0 Å². The number of hydrogen-bond donors (Lipinski definition) is 0. The fourth-order valence-electron chi connectivity index (χ4n) is 1.09. The second kappa shape index (κ2) is 7.05. The first-order chi connectivity index (χ1) is 5.61. The molecule has 0 saturated heterocycles. The summed E-state index contributed by atoms with van der Waals surface area (Å²) >= 11 is 7.64. The van der Waals surface area contributed by atoms with Crippen molar-refractivity contribution in [3.63, 3.8) is 0 Å². The van der Waals surface area contributed by atoms with E-state index in [0.29, 0.717) is 12.0 Å². The maximum Gasteiger partial charge on any atom is 0.0261 e. The van der Waals surface area contributed by atoms with E-state index in [2.05, 4.69) is 32.1 Å². The zero-order valence-electron chi connectivity index (χ0n) is 8.51. The Morgan fingerprint density at radius 3 is 2.42 bits per heavy atom. The maximum atomic E-state index is 5.75. The van der Waals surface area contributed by atoms with E-state index in [4.69, 9.17) is 11.6 Å². The first kappa shape index (κ1) is 12.6. The van der Waals surface area contributed by atoms with E-state index in [0.717, 1.165) is 12.4 Å². The van der Waals surface area contributed by atoms with Crippen molar-refractivity contribution in [2.45, 2.75) is 19.9 Å². The van der Waals surface area contributed by atoms with Crippen LogP contribution in [-0.4, -0.2) is 42.4 Å². The zero-order valence-corrected chi connectivity index (χ0v) is 10.1. The van der Waals surface area contributed by atoms with Gasteiger partial charge in [0.1, 0.15) is 0 Å². The average molecular weight is 210 g/mol. The van der Waals surface area contributed by atoms with E-state index in [-0.39, 0.29) is 0 Å². The van der Waals surface area contributed by atoms with Gasteiger partial charge in [0, 0.05) is 24.2 Å². The summed E-state index contributed by atoms with van der Waals surface area (Å²) in [5.74, 6) is 2.56. The molecule has 0 bridgehead atoms. The SMILES string of the molecule is CSCC(C)N(C)CC(C)CCl. The van der Waals surface area contributed by atoms with Gasteiger partial charge in [-0.2, -0.15) is 11.8 Å². The van der Waals surface area contributed by atoms with Crippen molar-refractivity contribution < 1.29 is 0 Å². The fraction of sp³-hybridized carbons (Fsp3) is 1.00. The molecule has 0 aromatic rings. The van der Waals surface area contributed by atoms with Gasteiger partial charge in [0.2, 0.25) is 0 Å². The van der Waals surface area contributed by atoms with Gasteiger partial charge in [-0.1, -0.05) is 6.92 Å². The molecule has 0 aliphatic rings. The van der Waals surface area contributed by atoms with Gasteiger partial charge in [-0.3, -0.25) is 0 Å². The van der Waals surface area contributed by atoms with Gasteiger partial charge in [-0.05, 0) is 26.1 Å². The summed E-state index contributed by atoms with van der Waals surface area (Å²) in [6.45, 7) is 5.55. The van der Waals surface area contributed by atoms with E-state index in [1.54, 1.807) is 0 Å². The number of hydrogen-bond acceptors (Lipinski definition) is 2. The molecule has 74 valence electrons. The number of thioether (sulfide) groups is 1. The van der Waals surface area contributed by atoms with Crippen LogP contribution in [0.1, 0.15) is 13.8 Å². The Morgan fingerprint density at radius 1 is 1.42 bits per heavy atom. The summed E-state index contributed by atoms with van der Waals surface area (Å²) in [6.07, 6.45) is 2.15. The molecule has 0 aliphatic heterocycles. The normalized spacial score (nSPS) is 16.5. The molecule has 0 aliphatic carbocycles. The van der Waals surface area contributed by atoms with Crippen molar-refractivity contribution in [2.75, 3.05) is 31.5 Å². The average Bonchev–Trinajstić information content (AvgIpc) is 2.04. The standard InChI is InChI=1S/C9H20ClNS/c1-8(5-10)6-11(3)9(2)7-12-4/h8-9H,5-7H2,1-4H3. The lowest BCUT2D eigenvalue weighted by Crippen LogP contribution is -2.34. The van der Waals surface area contributed by atoms with Gasteiger partial charge in [-0.25, -0.2) is 0 Å². The Kier molecular flexibility index (Phi) is 7.40. The van der Waals surface area contributed by atoms with Crippen LogP contribution < -0.4 is 0 Å². The van der Waals surface area contributed by atoms with Crippen molar-refractivity contribution in [3.05, 3.63) is 0 Å². The summed E-state index contributed by atoms with van der Waals surface area (Å²) < 4.78 is 0. The van der Waals surface area contributed by atoms with Gasteiger partial charge in [-0.15, -0.1) is 11.6 Å². The lowest BCUT2D eigenvalue weighted by atomic mass is 10.2. The summed E-state index contributed by atoms with van der Waals surface area (Å²) in [5, 5.41) is 0. The number of rotatable bonds is 6. The van der Waals surface area contributed by atoms with Gasteiger partial charge in [0.25, 0.3) is 0 Å². The molecule has 0 saturated carbocycles. The van der Waals surface area contributed by atoms with Crippen molar-refractivity contribution in [2.24, 2.45) is 5.92 Å². The lowest BCUT2D eigenvalue weighted by molar-refractivity contribution is 0.249. The Bertz CT molecular complexity index is 111. The molecule has 0 spiro atoms. The van der Waals surface area contributed by atoms with Crippen molar-refractivity contribution >= 4 is 23.4 Å². The molecular weight excluding hydrogens is 190 g/mol. The number of halogens is 1. The largest absolute Gasteiger partial charge is 0.303 e. The molecule has 0 N–H and O–H groups in total. The predicted molar refractivity (Wildman–Crippen MR) is 60.4 cm³/mol. The topological polar surface area (TPSA) is 3.24 Å². The minimum Gasteiger partial charge on any atom is -0.303 e. The first-order valence-electron chi connectivity index (χ1n) is 4.37. The van der Waals surface area contributed by atoms with Crippen LogP contribution in [0, 0.1) is 5.92 Å². The van der Waals surface area contributed by atoms with Crippen LogP contribution in [0.25, 0.3) is 0 Å². The van der Waals surface area contributed by atoms with E-state index < -0.39 is 0 Å². The third-order valence-electron chi connectivity index (χ3n) is 2.02. The van der Waals surface area contributed by atoms with Crippen LogP contribution in [0.15, 0.2) is 0 Å². The predicted octanol–water partition coefficient (Wildman–Crippen LogP) is 2.54. The molecule has 3 heteroatoms. The fourth-order valence-corrected chi connectivity index (χ4v) is 1.92. The van der Waals surface area contributed by atoms with E-state index >= 15 is 0 Å². The third kappa shape index (κ3) is 5.28. The summed E-state index contributed by atoms with van der Waals surface area (Å²) in [6, 6.07) is 0.658. The summed E-state index contributed by atoms with van der Waals surface area (Å²) in [4.78, 5) is 2.38. The van der Waals surface area contributed by atoms with E-state index in [9.17, 15) is 0 Å². The van der Waals surface area contributed by atoms with Crippen LogP contribution in [0.3, 0.4) is 0 Å². The molecule has 2 atom stereocenters. The molecule has 0 aromatic heterocycles. The first-order valence-corrected chi connectivity index (χ1v) is 6.29. The monoisotopic (exact) mass is 209 g/mol. The summed E-state index contributed by atoms with van der Waals surface area (Å²) in [7, 11) is 2.17. The molecule has 0 fully saturated rings. The van der Waals surface area contributed by atoms with Gasteiger partial charge in [0.15, 0.2) is 0 Å². The smallest absolute Gasteiger partial charge is 0.0261 e. The second-order valence-electron chi connectivity index (χ2n) is 3.50. The highest BCUT2D eigenvalue weighted by atomic mass is 35.5. The Morgan fingerprint density at radius 2 is 2.00 bits per heavy atom. The van der Waals surface area contributed by atoms with E-state index in [1.165, 1.54) is 5.75 Å². The third-order valence-corrected chi connectivity index (χ3v) is 3.37. The molecule has 0 aromatic carbocycles. The molecule has 2 unspecified atom stereocenters. The van der Waals surface area contributed by atoms with Crippen LogP contribution in [-0.2, 0) is 0 Å². The Hall–Kier alpha value is 0.600. The molecule has 0 amide bonds. The highest BCUT2D eigenvalue weighted by Gasteiger charge is 2.10. The zero-order chi connectivity index (χ0) is 9.56. The molecule has 0 rings (SSSR count).